The Morgan fingerprint density at radius 2 is 1.04 bits per heavy atom. The fraction of sp³-hybridized carbons (Fsp3) is 0. The van der Waals surface area contributed by atoms with Gasteiger partial charge in [-0.3, -0.25) is 9.59 Å². The Bertz CT molecular complexity index is 799. The topological polar surface area (TPSA) is 163 Å². The van der Waals surface area contributed by atoms with Crippen LogP contribution in [0.15, 0.2) is 68.3 Å². The lowest BCUT2D eigenvalue weighted by molar-refractivity contribution is 0.0992. The van der Waals surface area contributed by atoms with Crippen molar-refractivity contribution in [2.75, 3.05) is 0 Å². The summed E-state index contributed by atoms with van der Waals surface area (Å²) in [5, 5.41) is 0. The molecule has 2 amide bonds. The molecule has 25 heavy (non-hydrogen) atoms. The van der Waals surface area contributed by atoms with E-state index in [0.29, 0.717) is 20.9 Å². The van der Waals surface area contributed by atoms with E-state index in [1.807, 2.05) is 0 Å². The third kappa shape index (κ3) is 4.82. The highest BCUT2D eigenvalue weighted by atomic mass is 32.2. The van der Waals surface area contributed by atoms with E-state index in [0.717, 1.165) is 0 Å². The van der Waals surface area contributed by atoms with Crippen LogP contribution >= 0.6 is 11.8 Å². The molecule has 0 radical (unpaired) electrons. The van der Waals surface area contributed by atoms with E-state index in [4.69, 9.17) is 22.9 Å². The lowest BCUT2D eigenvalue weighted by Crippen LogP contribution is -2.24. The minimum atomic E-state index is -0.573. The molecule has 0 saturated heterocycles. The van der Waals surface area contributed by atoms with Gasteiger partial charge in [0.1, 0.15) is 0 Å². The van der Waals surface area contributed by atoms with Gasteiger partial charge in [0.05, 0.1) is 11.1 Å². The third-order valence-corrected chi connectivity index (χ3v) is 4.07. The Balaban J connectivity index is 2.42. The van der Waals surface area contributed by atoms with Crippen molar-refractivity contribution in [1.29, 1.82) is 0 Å². The van der Waals surface area contributed by atoms with Crippen molar-refractivity contribution in [3.63, 3.8) is 0 Å². The van der Waals surface area contributed by atoms with Gasteiger partial charge in [-0.15, -0.1) is 0 Å². The highest BCUT2D eigenvalue weighted by Crippen LogP contribution is 2.33. The van der Waals surface area contributed by atoms with Crippen molar-refractivity contribution in [3.8, 4) is 0 Å². The average molecular weight is 356 g/mol. The van der Waals surface area contributed by atoms with Crippen LogP contribution in [0.2, 0.25) is 0 Å². The van der Waals surface area contributed by atoms with E-state index in [1.54, 1.807) is 48.5 Å². The Kier molecular flexibility index (Phi) is 5.75. The summed E-state index contributed by atoms with van der Waals surface area (Å²) in [6, 6.07) is 13.5. The Morgan fingerprint density at radius 1 is 0.680 bits per heavy atom. The van der Waals surface area contributed by atoms with Crippen molar-refractivity contribution < 1.29 is 9.59 Å². The minimum absolute atomic E-state index is 0.310. The van der Waals surface area contributed by atoms with E-state index in [1.165, 1.54) is 11.8 Å². The van der Waals surface area contributed by atoms with Gasteiger partial charge in [-0.2, -0.15) is 9.98 Å². The number of nitrogens with two attached hydrogens (primary N) is 4. The zero-order chi connectivity index (χ0) is 18.4. The van der Waals surface area contributed by atoms with E-state index < -0.39 is 11.8 Å². The molecular weight excluding hydrogens is 340 g/mol. The van der Waals surface area contributed by atoms with Crippen molar-refractivity contribution in [3.05, 3.63) is 59.7 Å². The van der Waals surface area contributed by atoms with Gasteiger partial charge >= 0.3 is 0 Å². The highest BCUT2D eigenvalue weighted by molar-refractivity contribution is 7.99. The Labute approximate surface area is 148 Å². The Hall–Kier alpha value is -3.33. The second-order valence-electron chi connectivity index (χ2n) is 4.78. The van der Waals surface area contributed by atoms with Crippen LogP contribution in [-0.2, 0) is 0 Å². The number of rotatable bonds is 4. The molecule has 0 fully saturated rings. The normalized spacial score (nSPS) is 9.92. The molecule has 2 aromatic carbocycles. The molecule has 8 N–H and O–H groups in total. The molecule has 0 unspecified atom stereocenters. The SMILES string of the molecule is NC(N)=NC(=O)c1ccccc1Sc1ccccc1C(=O)N=C(N)N. The van der Waals surface area contributed by atoms with Gasteiger partial charge in [-0.1, -0.05) is 36.0 Å². The molecule has 0 aliphatic carbocycles. The molecule has 2 rings (SSSR count). The number of nitrogens with zero attached hydrogens (tertiary/aromatic N) is 2. The number of amides is 2. The van der Waals surface area contributed by atoms with Crippen LogP contribution in [0.1, 0.15) is 20.7 Å². The summed E-state index contributed by atoms with van der Waals surface area (Å²) < 4.78 is 0. The largest absolute Gasteiger partial charge is 0.370 e. The predicted molar refractivity (Wildman–Crippen MR) is 97.3 cm³/mol. The maximum Gasteiger partial charge on any atom is 0.281 e. The molecule has 128 valence electrons. The van der Waals surface area contributed by atoms with Crippen molar-refractivity contribution in [2.24, 2.45) is 32.9 Å². The molecule has 8 nitrogen and oxygen atoms in total. The molecule has 0 heterocycles. The highest BCUT2D eigenvalue weighted by Gasteiger charge is 2.16. The fourth-order valence-corrected chi connectivity index (χ4v) is 3.00. The van der Waals surface area contributed by atoms with Crippen LogP contribution in [0.5, 0.6) is 0 Å². The van der Waals surface area contributed by atoms with Gasteiger partial charge in [-0.25, -0.2) is 0 Å². The molecule has 9 heteroatoms. The summed E-state index contributed by atoms with van der Waals surface area (Å²) in [6.07, 6.45) is 0. The minimum Gasteiger partial charge on any atom is -0.370 e. The second kappa shape index (κ2) is 7.97. The van der Waals surface area contributed by atoms with Gasteiger partial charge in [-0.05, 0) is 24.3 Å². The fourth-order valence-electron chi connectivity index (χ4n) is 1.94. The maximum atomic E-state index is 12.1. The van der Waals surface area contributed by atoms with E-state index in [9.17, 15) is 9.59 Å². The summed E-state index contributed by atoms with van der Waals surface area (Å²) in [4.78, 5) is 32.6. The molecule has 0 aromatic heterocycles. The summed E-state index contributed by atoms with van der Waals surface area (Å²) in [7, 11) is 0. The molecule has 0 aliphatic rings. The van der Waals surface area contributed by atoms with Gasteiger partial charge in [0.15, 0.2) is 11.9 Å². The Morgan fingerprint density at radius 3 is 1.40 bits per heavy atom. The molecule has 0 saturated carbocycles. The standard InChI is InChI=1S/C16H16N6O2S/c17-15(18)21-13(23)9-5-1-3-7-11(9)25-12-8-4-2-6-10(12)14(24)22-16(19)20/h1-8H,(H4,17,18,21,23)(H4,19,20,22,24). The van der Waals surface area contributed by atoms with Crippen LogP contribution in [0.4, 0.5) is 0 Å². The first-order chi connectivity index (χ1) is 11.9. The quantitative estimate of drug-likeness (QED) is 0.462. The summed E-state index contributed by atoms with van der Waals surface area (Å²) in [6.45, 7) is 0. The molecular formula is C16H16N6O2S. The maximum absolute atomic E-state index is 12.1. The van der Waals surface area contributed by atoms with Crippen LogP contribution in [0.3, 0.4) is 0 Å². The summed E-state index contributed by atoms with van der Waals surface area (Å²) >= 11 is 1.21. The van der Waals surface area contributed by atoms with E-state index >= 15 is 0 Å². The third-order valence-electron chi connectivity index (χ3n) is 2.92. The van der Waals surface area contributed by atoms with Crippen LogP contribution in [0.25, 0.3) is 0 Å². The second-order valence-corrected chi connectivity index (χ2v) is 5.86. The number of guanidine groups is 2. The molecule has 0 atom stereocenters. The first-order valence-corrected chi connectivity index (χ1v) is 7.84. The van der Waals surface area contributed by atoms with Crippen molar-refractivity contribution in [1.82, 2.24) is 0 Å². The summed E-state index contributed by atoms with van der Waals surface area (Å²) in [5.41, 5.74) is 21.7. The molecule has 0 aliphatic heterocycles. The van der Waals surface area contributed by atoms with Gasteiger partial charge in [0, 0.05) is 9.79 Å². The van der Waals surface area contributed by atoms with Gasteiger partial charge < -0.3 is 22.9 Å². The first-order valence-electron chi connectivity index (χ1n) is 7.02. The zero-order valence-corrected chi connectivity index (χ0v) is 13.9. The lowest BCUT2D eigenvalue weighted by atomic mass is 10.2. The van der Waals surface area contributed by atoms with Gasteiger partial charge in [0.25, 0.3) is 11.8 Å². The summed E-state index contributed by atoms with van der Waals surface area (Å²) in [5.74, 6) is -1.80. The predicted octanol–water partition coefficient (Wildman–Crippen LogP) is 0.665. The van der Waals surface area contributed by atoms with E-state index in [-0.39, 0.29) is 11.9 Å². The lowest BCUT2D eigenvalue weighted by Gasteiger charge is -2.09. The first kappa shape index (κ1) is 18.0. The van der Waals surface area contributed by atoms with Crippen molar-refractivity contribution in [2.45, 2.75) is 9.79 Å². The van der Waals surface area contributed by atoms with Crippen LogP contribution < -0.4 is 22.9 Å². The number of carbonyl (C=O) groups is 2. The zero-order valence-electron chi connectivity index (χ0n) is 13.0. The number of aliphatic imine (C=N–C) groups is 2. The van der Waals surface area contributed by atoms with Crippen LogP contribution in [-0.4, -0.2) is 23.7 Å². The number of carbonyl (C=O) groups excluding carboxylic acids is 2. The molecule has 2 aromatic rings. The monoisotopic (exact) mass is 356 g/mol. The molecule has 0 bridgehead atoms. The number of hydrogen-bond acceptors (Lipinski definition) is 3. The molecule has 0 spiro atoms. The number of hydrogen-bond donors (Lipinski definition) is 4. The van der Waals surface area contributed by atoms with Gasteiger partial charge in [0.2, 0.25) is 0 Å². The number of benzene rings is 2. The van der Waals surface area contributed by atoms with E-state index in [2.05, 4.69) is 9.98 Å². The average Bonchev–Trinajstić information content (AvgIpc) is 2.54. The smallest absolute Gasteiger partial charge is 0.281 e. The van der Waals surface area contributed by atoms with Crippen LogP contribution in [0, 0.1) is 0 Å². The van der Waals surface area contributed by atoms with Crippen molar-refractivity contribution >= 4 is 35.5 Å².